The molecule has 1 aliphatic heterocycles. The molecule has 0 spiro atoms. The molecule has 2 aliphatic rings. The highest BCUT2D eigenvalue weighted by Gasteiger charge is 2.32. The average Bonchev–Trinajstić information content (AvgIpc) is 2.82. The number of nitrogens with zero attached hydrogens (tertiary/aromatic N) is 1. The van der Waals surface area contributed by atoms with E-state index in [1.807, 2.05) is 0 Å². The first-order valence-corrected chi connectivity index (χ1v) is 6.12. The van der Waals surface area contributed by atoms with Gasteiger partial charge in [-0.1, -0.05) is 23.7 Å². The van der Waals surface area contributed by atoms with Crippen molar-refractivity contribution in [3.05, 3.63) is 29.3 Å². The Morgan fingerprint density at radius 1 is 1.25 bits per heavy atom. The predicted octanol–water partition coefficient (Wildman–Crippen LogP) is 0.0346. The highest BCUT2D eigenvalue weighted by molar-refractivity contribution is 6.32. The van der Waals surface area contributed by atoms with Crippen LogP contribution >= 0.6 is 0 Å². The summed E-state index contributed by atoms with van der Waals surface area (Å²) < 4.78 is 0. The van der Waals surface area contributed by atoms with E-state index < -0.39 is 0 Å². The van der Waals surface area contributed by atoms with Crippen LogP contribution in [-0.4, -0.2) is 31.2 Å². The van der Waals surface area contributed by atoms with Gasteiger partial charge in [-0.15, -0.1) is 0 Å². The van der Waals surface area contributed by atoms with Gasteiger partial charge in [0.2, 0.25) is 5.91 Å². The normalized spacial score (nSPS) is 23.9. The molecule has 3 heteroatoms. The Kier molecular flexibility index (Phi) is 2.27. The fraction of sp³-hybridized carbons (Fsp3) is 0.462. The lowest BCUT2D eigenvalue weighted by Gasteiger charge is -2.23. The van der Waals surface area contributed by atoms with Crippen LogP contribution < -0.4 is 5.46 Å². The maximum Gasteiger partial charge on any atom is 0.222 e. The largest absolute Gasteiger partial charge is 0.339 e. The molecular weight excluding hydrogens is 197 g/mol. The minimum absolute atomic E-state index is 0.356. The molecular formula is C13H16BNO. The number of amides is 1. The molecule has 1 fully saturated rings. The summed E-state index contributed by atoms with van der Waals surface area (Å²) in [6.07, 6.45) is 3.92. The van der Waals surface area contributed by atoms with Gasteiger partial charge in [0.15, 0.2) is 0 Å². The summed E-state index contributed by atoms with van der Waals surface area (Å²) in [4.78, 5) is 13.8. The second-order valence-electron chi connectivity index (χ2n) is 5.02. The third-order valence-corrected chi connectivity index (χ3v) is 3.82. The van der Waals surface area contributed by atoms with Crippen molar-refractivity contribution in [2.45, 2.75) is 31.7 Å². The van der Waals surface area contributed by atoms with Crippen LogP contribution in [0.3, 0.4) is 0 Å². The molecule has 1 amide bonds. The first-order chi connectivity index (χ1) is 7.74. The number of fused-ring (bicyclic) bond motifs is 1. The molecule has 3 rings (SSSR count). The fourth-order valence-corrected chi connectivity index (χ4v) is 3.00. The molecule has 0 radical (unpaired) electrons. The minimum Gasteiger partial charge on any atom is -0.339 e. The summed E-state index contributed by atoms with van der Waals surface area (Å²) in [7, 11) is 2.13. The zero-order valence-corrected chi connectivity index (χ0v) is 9.70. The van der Waals surface area contributed by atoms with E-state index in [1.54, 1.807) is 0 Å². The zero-order valence-electron chi connectivity index (χ0n) is 9.70. The zero-order chi connectivity index (χ0) is 11.1. The number of hydrogen-bond donors (Lipinski definition) is 0. The van der Waals surface area contributed by atoms with Crippen molar-refractivity contribution >= 4 is 19.2 Å². The summed E-state index contributed by atoms with van der Waals surface area (Å²) in [6, 6.07) is 7.11. The Bertz CT molecular complexity index is 444. The van der Waals surface area contributed by atoms with Gasteiger partial charge in [0, 0.05) is 19.0 Å². The van der Waals surface area contributed by atoms with Gasteiger partial charge >= 0.3 is 0 Å². The van der Waals surface area contributed by atoms with E-state index in [9.17, 15) is 4.79 Å². The van der Waals surface area contributed by atoms with E-state index in [0.29, 0.717) is 11.9 Å². The molecule has 1 unspecified atom stereocenters. The smallest absolute Gasteiger partial charge is 0.222 e. The van der Waals surface area contributed by atoms with Crippen molar-refractivity contribution in [3.8, 4) is 0 Å². The average molecular weight is 213 g/mol. The molecule has 0 aromatic heterocycles. The lowest BCUT2D eigenvalue weighted by Crippen LogP contribution is -2.36. The lowest BCUT2D eigenvalue weighted by molar-refractivity contribution is -0.129. The molecule has 82 valence electrons. The fourth-order valence-electron chi connectivity index (χ4n) is 3.00. The second kappa shape index (κ2) is 3.65. The van der Waals surface area contributed by atoms with Gasteiger partial charge < -0.3 is 4.90 Å². The van der Waals surface area contributed by atoms with Crippen molar-refractivity contribution in [2.75, 3.05) is 6.54 Å². The Balaban J connectivity index is 1.82. The van der Waals surface area contributed by atoms with Crippen LogP contribution in [0.4, 0.5) is 0 Å². The summed E-state index contributed by atoms with van der Waals surface area (Å²) in [6.45, 7) is 0.969. The van der Waals surface area contributed by atoms with Crippen LogP contribution in [0.25, 0.3) is 0 Å². The number of likely N-dealkylation sites (tertiary alicyclic amines) is 1. The summed E-state index contributed by atoms with van der Waals surface area (Å²) in [5.74, 6) is 0.356. The molecule has 1 atom stereocenters. The van der Waals surface area contributed by atoms with Gasteiger partial charge in [-0.05, 0) is 30.4 Å². The van der Waals surface area contributed by atoms with Crippen LogP contribution in [0.2, 0.25) is 0 Å². The Morgan fingerprint density at radius 2 is 2.06 bits per heavy atom. The van der Waals surface area contributed by atoms with Crippen LogP contribution in [0.15, 0.2) is 18.2 Å². The topological polar surface area (TPSA) is 20.3 Å². The summed E-state index contributed by atoms with van der Waals surface area (Å²) in [5, 5.41) is 0. The Hall–Kier alpha value is -1.25. The van der Waals surface area contributed by atoms with E-state index >= 15 is 0 Å². The summed E-state index contributed by atoms with van der Waals surface area (Å²) >= 11 is 0. The van der Waals surface area contributed by atoms with E-state index in [-0.39, 0.29) is 0 Å². The van der Waals surface area contributed by atoms with Gasteiger partial charge in [0.1, 0.15) is 7.85 Å². The van der Waals surface area contributed by atoms with Crippen molar-refractivity contribution < 1.29 is 4.79 Å². The van der Waals surface area contributed by atoms with Crippen LogP contribution in [0.1, 0.15) is 24.0 Å². The molecule has 1 aliphatic carbocycles. The SMILES string of the molecule is Bc1ccc2c(c1)CC(N1CCCC1=O)C2. The maximum absolute atomic E-state index is 11.7. The first kappa shape index (κ1) is 9.94. The van der Waals surface area contributed by atoms with E-state index in [1.165, 1.54) is 16.6 Å². The number of rotatable bonds is 1. The van der Waals surface area contributed by atoms with Gasteiger partial charge in [-0.3, -0.25) is 4.79 Å². The van der Waals surface area contributed by atoms with E-state index in [0.717, 1.165) is 32.2 Å². The monoisotopic (exact) mass is 213 g/mol. The van der Waals surface area contributed by atoms with Crippen molar-refractivity contribution in [2.24, 2.45) is 0 Å². The third kappa shape index (κ3) is 1.55. The minimum atomic E-state index is 0.356. The Labute approximate surface area is 97.0 Å². The lowest BCUT2D eigenvalue weighted by atomic mass is 9.93. The molecule has 1 heterocycles. The highest BCUT2D eigenvalue weighted by atomic mass is 16.2. The van der Waals surface area contributed by atoms with Crippen molar-refractivity contribution in [3.63, 3.8) is 0 Å². The van der Waals surface area contributed by atoms with Crippen LogP contribution in [-0.2, 0) is 17.6 Å². The first-order valence-electron chi connectivity index (χ1n) is 6.12. The molecule has 1 saturated heterocycles. The van der Waals surface area contributed by atoms with Gasteiger partial charge in [0.05, 0.1) is 0 Å². The number of hydrogen-bond acceptors (Lipinski definition) is 1. The number of carbonyl (C=O) groups is 1. The van der Waals surface area contributed by atoms with E-state index in [4.69, 9.17) is 0 Å². The quantitative estimate of drug-likeness (QED) is 0.603. The van der Waals surface area contributed by atoms with Gasteiger partial charge in [0.25, 0.3) is 0 Å². The molecule has 2 nitrogen and oxygen atoms in total. The molecule has 0 saturated carbocycles. The van der Waals surface area contributed by atoms with Gasteiger partial charge in [-0.25, -0.2) is 0 Å². The van der Waals surface area contributed by atoms with Crippen LogP contribution in [0, 0.1) is 0 Å². The summed E-state index contributed by atoms with van der Waals surface area (Å²) in [5.41, 5.74) is 4.21. The van der Waals surface area contributed by atoms with Crippen molar-refractivity contribution in [1.82, 2.24) is 4.90 Å². The maximum atomic E-state index is 11.7. The molecule has 0 bridgehead atoms. The van der Waals surface area contributed by atoms with Gasteiger partial charge in [-0.2, -0.15) is 0 Å². The van der Waals surface area contributed by atoms with E-state index in [2.05, 4.69) is 30.9 Å². The predicted molar refractivity (Wildman–Crippen MR) is 66.8 cm³/mol. The number of carbonyl (C=O) groups excluding carboxylic acids is 1. The third-order valence-electron chi connectivity index (χ3n) is 3.82. The molecule has 16 heavy (non-hydrogen) atoms. The number of benzene rings is 1. The molecule has 1 aromatic carbocycles. The standard InChI is InChI=1S/C13H16BNO/c14-11-4-3-9-7-12(8-10(9)6-11)15-5-1-2-13(15)16/h3-4,6,12H,1-2,5,7-8,14H2. The molecule has 0 N–H and O–H groups in total. The van der Waals surface area contributed by atoms with Crippen molar-refractivity contribution in [1.29, 1.82) is 0 Å². The molecule has 1 aromatic rings. The Morgan fingerprint density at radius 3 is 2.81 bits per heavy atom. The van der Waals surface area contributed by atoms with Crippen LogP contribution in [0.5, 0.6) is 0 Å². The second-order valence-corrected chi connectivity index (χ2v) is 5.02. The highest BCUT2D eigenvalue weighted by Crippen LogP contribution is 2.27.